The van der Waals surface area contributed by atoms with Crippen molar-refractivity contribution in [2.75, 3.05) is 14.1 Å². The lowest BCUT2D eigenvalue weighted by Gasteiger charge is -2.12. The summed E-state index contributed by atoms with van der Waals surface area (Å²) >= 11 is 0. The van der Waals surface area contributed by atoms with Crippen molar-refractivity contribution in [1.82, 2.24) is 10.4 Å². The van der Waals surface area contributed by atoms with Crippen LogP contribution in [0.2, 0.25) is 0 Å². The van der Waals surface area contributed by atoms with E-state index >= 15 is 0 Å². The number of nitrogens with zero attached hydrogens (tertiary/aromatic N) is 2. The third kappa shape index (κ3) is 5.37. The molecule has 0 saturated heterocycles. The Balaban J connectivity index is 3.71. The van der Waals surface area contributed by atoms with Gasteiger partial charge in [0.05, 0.1) is 0 Å². The fraction of sp³-hybridized carbons (Fsp3) is 0.833. The second-order valence-corrected chi connectivity index (χ2v) is 2.61. The Labute approximate surface area is 62.1 Å². The third-order valence-corrected chi connectivity index (χ3v) is 0.735. The van der Waals surface area contributed by atoms with E-state index in [9.17, 15) is 0 Å². The molecule has 60 valence electrons. The van der Waals surface area contributed by atoms with Gasteiger partial charge in [0.15, 0.2) is 0 Å². The van der Waals surface area contributed by atoms with Crippen molar-refractivity contribution in [3.63, 3.8) is 0 Å². The first kappa shape index (κ1) is 9.23. The van der Waals surface area contributed by atoms with Crippen LogP contribution in [-0.2, 0) is 0 Å². The number of hydrogen-bond donors (Lipinski definition) is 2. The predicted molar refractivity (Wildman–Crippen MR) is 43.6 cm³/mol. The van der Waals surface area contributed by atoms with Gasteiger partial charge in [-0.25, -0.2) is 10.0 Å². The van der Waals surface area contributed by atoms with Crippen molar-refractivity contribution < 1.29 is 0 Å². The average molecular weight is 144 g/mol. The van der Waals surface area contributed by atoms with E-state index in [1.807, 2.05) is 27.9 Å². The molecule has 3 N–H and O–H groups in total. The molecule has 0 unspecified atom stereocenters. The molecular weight excluding hydrogens is 128 g/mol. The van der Waals surface area contributed by atoms with E-state index in [2.05, 4.69) is 10.4 Å². The summed E-state index contributed by atoms with van der Waals surface area (Å²) in [6.45, 7) is 3.95. The Kier molecular flexibility index (Phi) is 3.79. The Morgan fingerprint density at radius 3 is 2.30 bits per heavy atom. The lowest BCUT2D eigenvalue weighted by molar-refractivity contribution is 0.359. The number of nitrogens with two attached hydrogens (primary N) is 1. The van der Waals surface area contributed by atoms with Gasteiger partial charge in [-0.15, -0.1) is 0 Å². The largest absolute Gasteiger partial charge is 0.369 e. The molecule has 0 aliphatic rings. The summed E-state index contributed by atoms with van der Waals surface area (Å²) in [5.74, 6) is 0.458. The molecule has 0 aliphatic heterocycles. The highest BCUT2D eigenvalue weighted by atomic mass is 15.5. The van der Waals surface area contributed by atoms with Crippen molar-refractivity contribution in [2.24, 2.45) is 10.7 Å². The molecule has 4 nitrogen and oxygen atoms in total. The van der Waals surface area contributed by atoms with Crippen LogP contribution in [0.4, 0.5) is 0 Å². The Morgan fingerprint density at radius 2 is 2.00 bits per heavy atom. The average Bonchev–Trinajstić information content (AvgIpc) is 1.58. The summed E-state index contributed by atoms with van der Waals surface area (Å²) in [6.07, 6.45) is 0. The van der Waals surface area contributed by atoms with Crippen LogP contribution in [0.25, 0.3) is 0 Å². The quantitative estimate of drug-likeness (QED) is 0.320. The minimum Gasteiger partial charge on any atom is -0.369 e. The van der Waals surface area contributed by atoms with E-state index in [-0.39, 0.29) is 6.04 Å². The van der Waals surface area contributed by atoms with E-state index < -0.39 is 0 Å². The van der Waals surface area contributed by atoms with E-state index in [0.717, 1.165) is 0 Å². The molecule has 0 aromatic heterocycles. The molecule has 0 fully saturated rings. The molecular formula is C6H16N4. The second kappa shape index (κ2) is 4.11. The standard InChI is InChI=1S/C6H16N4/c1-5(2)8-6(7)9-10(3)4/h5H,1-4H3,(H3,7,8,9). The predicted octanol–water partition coefficient (Wildman–Crippen LogP) is -0.224. The van der Waals surface area contributed by atoms with Gasteiger partial charge < -0.3 is 5.73 Å². The molecule has 0 radical (unpaired) electrons. The Bertz CT molecular complexity index is 117. The van der Waals surface area contributed by atoms with Crippen LogP contribution in [0.5, 0.6) is 0 Å². The number of aliphatic imine (C=N–C) groups is 1. The van der Waals surface area contributed by atoms with Gasteiger partial charge >= 0.3 is 0 Å². The normalized spacial score (nSPS) is 12.8. The van der Waals surface area contributed by atoms with Crippen molar-refractivity contribution in [3.8, 4) is 0 Å². The fourth-order valence-corrected chi connectivity index (χ4v) is 0.536. The van der Waals surface area contributed by atoms with Crippen LogP contribution in [0.1, 0.15) is 13.8 Å². The van der Waals surface area contributed by atoms with Gasteiger partial charge in [0.2, 0.25) is 5.96 Å². The number of hydrogen-bond acceptors (Lipinski definition) is 2. The van der Waals surface area contributed by atoms with Gasteiger partial charge in [-0.2, -0.15) is 0 Å². The molecule has 0 amide bonds. The van der Waals surface area contributed by atoms with E-state index in [0.29, 0.717) is 5.96 Å². The fourth-order valence-electron chi connectivity index (χ4n) is 0.536. The van der Waals surface area contributed by atoms with E-state index in [4.69, 9.17) is 5.73 Å². The second-order valence-electron chi connectivity index (χ2n) is 2.61. The van der Waals surface area contributed by atoms with Crippen LogP contribution < -0.4 is 11.2 Å². The van der Waals surface area contributed by atoms with Crippen LogP contribution in [0.3, 0.4) is 0 Å². The Morgan fingerprint density at radius 1 is 1.50 bits per heavy atom. The zero-order valence-corrected chi connectivity index (χ0v) is 7.05. The summed E-state index contributed by atoms with van der Waals surface area (Å²) in [6, 6.07) is 0.243. The summed E-state index contributed by atoms with van der Waals surface area (Å²) in [4.78, 5) is 4.06. The number of guanidine groups is 1. The maximum atomic E-state index is 5.47. The third-order valence-electron chi connectivity index (χ3n) is 0.735. The van der Waals surface area contributed by atoms with Gasteiger partial charge in [0, 0.05) is 20.1 Å². The highest BCUT2D eigenvalue weighted by molar-refractivity contribution is 5.77. The molecule has 0 aliphatic carbocycles. The minimum atomic E-state index is 0.243. The first-order chi connectivity index (χ1) is 4.52. The van der Waals surface area contributed by atoms with Crippen molar-refractivity contribution in [1.29, 1.82) is 0 Å². The lowest BCUT2D eigenvalue weighted by Crippen LogP contribution is -2.41. The van der Waals surface area contributed by atoms with E-state index in [1.165, 1.54) is 0 Å². The van der Waals surface area contributed by atoms with Gasteiger partial charge in [0.1, 0.15) is 0 Å². The SMILES string of the molecule is CC(C)N=C(N)NN(C)C. The monoisotopic (exact) mass is 144 g/mol. The van der Waals surface area contributed by atoms with Crippen LogP contribution in [0, 0.1) is 0 Å². The molecule has 0 spiro atoms. The maximum absolute atomic E-state index is 5.47. The molecule has 10 heavy (non-hydrogen) atoms. The minimum absolute atomic E-state index is 0.243. The van der Waals surface area contributed by atoms with Crippen LogP contribution in [0.15, 0.2) is 4.99 Å². The highest BCUT2D eigenvalue weighted by Gasteiger charge is 1.92. The van der Waals surface area contributed by atoms with Crippen LogP contribution in [-0.4, -0.2) is 31.1 Å². The lowest BCUT2D eigenvalue weighted by atomic mass is 10.4. The molecule has 0 aromatic carbocycles. The van der Waals surface area contributed by atoms with Crippen molar-refractivity contribution in [3.05, 3.63) is 0 Å². The number of hydrazine groups is 1. The van der Waals surface area contributed by atoms with Crippen molar-refractivity contribution in [2.45, 2.75) is 19.9 Å². The molecule has 0 heterocycles. The zero-order chi connectivity index (χ0) is 8.15. The highest BCUT2D eigenvalue weighted by Crippen LogP contribution is 1.82. The van der Waals surface area contributed by atoms with E-state index in [1.54, 1.807) is 5.01 Å². The van der Waals surface area contributed by atoms with Gasteiger partial charge in [0.25, 0.3) is 0 Å². The topological polar surface area (TPSA) is 53.6 Å². The smallest absolute Gasteiger partial charge is 0.203 e. The number of rotatable bonds is 2. The molecule has 0 bridgehead atoms. The molecule has 0 saturated carbocycles. The van der Waals surface area contributed by atoms with Crippen LogP contribution >= 0.6 is 0 Å². The summed E-state index contributed by atoms with van der Waals surface area (Å²) in [5, 5.41) is 1.75. The summed E-state index contributed by atoms with van der Waals surface area (Å²) < 4.78 is 0. The zero-order valence-electron chi connectivity index (χ0n) is 7.05. The molecule has 0 aromatic rings. The molecule has 0 rings (SSSR count). The Hall–Kier alpha value is -0.770. The molecule has 4 heteroatoms. The summed E-state index contributed by atoms with van der Waals surface area (Å²) in [5.41, 5.74) is 8.31. The summed E-state index contributed by atoms with van der Waals surface area (Å²) in [7, 11) is 3.73. The maximum Gasteiger partial charge on any atom is 0.203 e. The van der Waals surface area contributed by atoms with Gasteiger partial charge in [-0.05, 0) is 13.8 Å². The van der Waals surface area contributed by atoms with Gasteiger partial charge in [-0.1, -0.05) is 0 Å². The molecule has 0 atom stereocenters. The first-order valence-corrected chi connectivity index (χ1v) is 3.29. The van der Waals surface area contributed by atoms with Gasteiger partial charge in [-0.3, -0.25) is 5.43 Å². The van der Waals surface area contributed by atoms with Crippen molar-refractivity contribution >= 4 is 5.96 Å². The number of nitrogens with one attached hydrogen (secondary N) is 1. The first-order valence-electron chi connectivity index (χ1n) is 3.29.